The van der Waals surface area contributed by atoms with Gasteiger partial charge in [-0.25, -0.2) is 9.78 Å². The Labute approximate surface area is 287 Å². The third-order valence-electron chi connectivity index (χ3n) is 8.63. The van der Waals surface area contributed by atoms with Crippen LogP contribution in [0.15, 0.2) is 24.4 Å². The number of aliphatic carboxylic acids is 1. The molecule has 0 aliphatic carbocycles. The first-order chi connectivity index (χ1) is 23.2. The quantitative estimate of drug-likeness (QED) is 0.143. The Morgan fingerprint density at radius 1 is 1.16 bits per heavy atom. The largest absolute Gasteiger partial charge is 0.507 e. The number of aliphatic hydroxyl groups is 3. The average molecular weight is 705 g/mol. The molecule has 2 saturated heterocycles. The molecule has 2 aliphatic rings. The molecule has 2 aliphatic heterocycles. The normalized spacial score (nSPS) is 25.3. The van der Waals surface area contributed by atoms with Gasteiger partial charge >= 0.3 is 5.97 Å². The van der Waals surface area contributed by atoms with E-state index in [1.54, 1.807) is 26.1 Å². The number of carboxylic acid groups (broad SMARTS) is 1. The highest BCUT2D eigenvalue weighted by Gasteiger charge is 2.54. The topological polar surface area (TPSA) is 237 Å². The van der Waals surface area contributed by atoms with Gasteiger partial charge in [0, 0.05) is 49.6 Å². The van der Waals surface area contributed by atoms with E-state index in [-0.39, 0.29) is 36.1 Å². The second-order valence-corrected chi connectivity index (χ2v) is 13.6. The van der Waals surface area contributed by atoms with Crippen LogP contribution in [0.5, 0.6) is 5.75 Å². The van der Waals surface area contributed by atoms with Crippen molar-refractivity contribution in [1.82, 2.24) is 20.9 Å². The average Bonchev–Trinajstić information content (AvgIpc) is 3.53. The zero-order chi connectivity index (χ0) is 35.9. The summed E-state index contributed by atoms with van der Waals surface area (Å²) in [5.41, 5.74) is -0.904. The number of carbonyl (C=O) groups excluding carboxylic acids is 3. The number of carbonyl (C=O) groups is 4. The highest BCUT2D eigenvalue weighted by molar-refractivity contribution is 7.12. The molecule has 2 aromatic rings. The van der Waals surface area contributed by atoms with E-state index in [1.165, 1.54) is 36.5 Å². The number of ether oxygens (including phenoxy) is 2. The number of hydrogen-bond donors (Lipinski definition) is 8. The molecule has 1 aromatic carbocycles. The Hall–Kier alpha value is -3.93. The van der Waals surface area contributed by atoms with Gasteiger partial charge in [-0.3, -0.25) is 14.4 Å². The third kappa shape index (κ3) is 9.61. The fraction of sp³-hybridized carbons (Fsp3) is 0.545. The molecule has 16 heteroatoms. The molecule has 0 radical (unpaired) electrons. The maximum absolute atomic E-state index is 12.8. The van der Waals surface area contributed by atoms with E-state index in [0.717, 1.165) is 12.8 Å². The van der Waals surface area contributed by atoms with Crippen molar-refractivity contribution in [2.45, 2.75) is 89.1 Å². The zero-order valence-corrected chi connectivity index (χ0v) is 28.4. The highest BCUT2D eigenvalue weighted by atomic mass is 32.1. The van der Waals surface area contributed by atoms with Gasteiger partial charge in [-0.2, -0.15) is 0 Å². The van der Waals surface area contributed by atoms with E-state index in [9.17, 15) is 44.7 Å². The lowest BCUT2D eigenvalue weighted by molar-refractivity contribution is -0.226. The second kappa shape index (κ2) is 16.7. The van der Waals surface area contributed by atoms with E-state index >= 15 is 0 Å². The van der Waals surface area contributed by atoms with Gasteiger partial charge in [-0.15, -0.1) is 11.3 Å². The zero-order valence-electron chi connectivity index (χ0n) is 27.5. The smallest absolute Gasteiger partial charge is 0.336 e. The summed E-state index contributed by atoms with van der Waals surface area (Å²) < 4.78 is 11.3. The summed E-state index contributed by atoms with van der Waals surface area (Å²) in [6.45, 7) is 5.21. The number of rotatable bonds is 13. The SMILES string of the molecule is CC(=O)N[C@H]1[C@H]([C@H](O)[C@H](O)CNC(=O)c2cc(C)c(O)c(C)c2)O[C@@](C/C=C/c2cnc(CNC(=O)C3CCCOC3)s2)(C(=O)O)C[C@@H]1O. The summed E-state index contributed by atoms with van der Waals surface area (Å²) in [6, 6.07) is 1.64. The Morgan fingerprint density at radius 3 is 2.51 bits per heavy atom. The first-order valence-electron chi connectivity index (χ1n) is 16.0. The molecule has 0 spiro atoms. The number of amides is 3. The maximum Gasteiger partial charge on any atom is 0.336 e. The first kappa shape index (κ1) is 37.9. The number of thiazole rings is 1. The predicted molar refractivity (Wildman–Crippen MR) is 177 cm³/mol. The summed E-state index contributed by atoms with van der Waals surface area (Å²) in [4.78, 5) is 54.8. The second-order valence-electron chi connectivity index (χ2n) is 12.5. The van der Waals surface area contributed by atoms with Crippen molar-refractivity contribution in [3.8, 4) is 5.75 Å². The fourth-order valence-corrected chi connectivity index (χ4v) is 6.74. The molecule has 49 heavy (non-hydrogen) atoms. The summed E-state index contributed by atoms with van der Waals surface area (Å²) in [5.74, 6) is -2.88. The number of aliphatic hydroxyl groups excluding tert-OH is 3. The molecule has 268 valence electrons. The van der Waals surface area contributed by atoms with Gasteiger partial charge < -0.3 is 51.0 Å². The molecule has 15 nitrogen and oxygen atoms in total. The van der Waals surface area contributed by atoms with E-state index in [1.807, 2.05) is 0 Å². The van der Waals surface area contributed by atoms with Gasteiger partial charge in [0.2, 0.25) is 11.8 Å². The molecule has 1 aromatic heterocycles. The molecule has 4 rings (SSSR count). The van der Waals surface area contributed by atoms with E-state index in [0.29, 0.717) is 34.2 Å². The number of carboxylic acids is 1. The lowest BCUT2D eigenvalue weighted by Crippen LogP contribution is -2.67. The van der Waals surface area contributed by atoms with Crippen LogP contribution in [-0.2, 0) is 30.4 Å². The summed E-state index contributed by atoms with van der Waals surface area (Å²) in [6.07, 6.45) is -1.01. The summed E-state index contributed by atoms with van der Waals surface area (Å²) >= 11 is 1.29. The van der Waals surface area contributed by atoms with Gasteiger partial charge in [0.15, 0.2) is 5.60 Å². The highest BCUT2D eigenvalue weighted by Crippen LogP contribution is 2.35. The lowest BCUT2D eigenvalue weighted by atomic mass is 9.81. The minimum absolute atomic E-state index is 0.0453. The number of benzene rings is 1. The fourth-order valence-electron chi connectivity index (χ4n) is 5.95. The van der Waals surface area contributed by atoms with Gasteiger partial charge in [0.1, 0.15) is 23.0 Å². The third-order valence-corrected chi connectivity index (χ3v) is 9.59. The Morgan fingerprint density at radius 2 is 1.88 bits per heavy atom. The van der Waals surface area contributed by atoms with Crippen LogP contribution >= 0.6 is 11.3 Å². The van der Waals surface area contributed by atoms with Crippen LogP contribution in [0.25, 0.3) is 6.08 Å². The van der Waals surface area contributed by atoms with Crippen LogP contribution in [0.1, 0.15) is 64.0 Å². The molecule has 7 atom stereocenters. The number of phenolic OH excluding ortho intramolecular Hbond substituents is 1. The Bertz CT molecular complexity index is 1520. The van der Waals surface area contributed by atoms with Crippen molar-refractivity contribution in [3.05, 3.63) is 51.0 Å². The number of phenols is 1. The number of aromatic nitrogens is 1. The lowest BCUT2D eigenvalue weighted by Gasteiger charge is -2.47. The van der Waals surface area contributed by atoms with Crippen molar-refractivity contribution in [2.75, 3.05) is 19.8 Å². The number of aromatic hydroxyl groups is 1. The monoisotopic (exact) mass is 704 g/mol. The van der Waals surface area contributed by atoms with E-state index in [4.69, 9.17) is 9.47 Å². The van der Waals surface area contributed by atoms with E-state index < -0.39 is 66.8 Å². The molecule has 2 fully saturated rings. The summed E-state index contributed by atoms with van der Waals surface area (Å²) in [7, 11) is 0. The standard InChI is InChI=1S/C33H44N4O11S/c1-17-10-21(11-18(2)27(17)41)31(44)35-14-24(40)28(42)29-26(37-19(3)38)23(39)12-33(48-29,32(45)46)8-4-7-22-13-34-25(49-22)15-36-30(43)20-6-5-9-47-16-20/h4,7,10-11,13,20,23-24,26,28-29,39-42H,5-6,8-9,12,14-16H2,1-3H3,(H,35,44)(H,36,43)(H,37,38)(H,45,46)/b7-4+/t20?,23-,24+,26+,28+,29+,33+/m0/s1. The molecule has 0 bridgehead atoms. The molecular formula is C33H44N4O11S. The minimum Gasteiger partial charge on any atom is -0.507 e. The number of nitrogens with one attached hydrogen (secondary N) is 3. The van der Waals surface area contributed by atoms with Crippen LogP contribution in [0.2, 0.25) is 0 Å². The van der Waals surface area contributed by atoms with Crippen LogP contribution in [-0.4, -0.2) is 110 Å². The van der Waals surface area contributed by atoms with Crippen molar-refractivity contribution < 1.29 is 54.2 Å². The van der Waals surface area contributed by atoms with Gasteiger partial charge in [-0.1, -0.05) is 6.08 Å². The number of hydrogen-bond acceptors (Lipinski definition) is 12. The predicted octanol–water partition coefficient (Wildman–Crippen LogP) is 0.541. The molecule has 0 saturated carbocycles. The van der Waals surface area contributed by atoms with Gasteiger partial charge in [0.25, 0.3) is 5.91 Å². The minimum atomic E-state index is -2.05. The maximum atomic E-state index is 12.8. The molecule has 3 heterocycles. The summed E-state index contributed by atoms with van der Waals surface area (Å²) in [5, 5.41) is 61.8. The van der Waals surface area contributed by atoms with Crippen molar-refractivity contribution in [2.24, 2.45) is 5.92 Å². The van der Waals surface area contributed by atoms with Crippen LogP contribution in [0.3, 0.4) is 0 Å². The molecule has 1 unspecified atom stereocenters. The molecule has 8 N–H and O–H groups in total. The van der Waals surface area contributed by atoms with Crippen molar-refractivity contribution >= 4 is 41.1 Å². The van der Waals surface area contributed by atoms with Crippen LogP contribution in [0, 0.1) is 19.8 Å². The Kier molecular flexibility index (Phi) is 12.9. The number of aryl methyl sites for hydroxylation is 2. The van der Waals surface area contributed by atoms with Crippen molar-refractivity contribution in [1.29, 1.82) is 0 Å². The van der Waals surface area contributed by atoms with Crippen LogP contribution < -0.4 is 16.0 Å². The molecule has 3 amide bonds. The number of nitrogens with zero attached hydrogens (tertiary/aromatic N) is 1. The van der Waals surface area contributed by atoms with Gasteiger partial charge in [0.05, 0.1) is 37.3 Å². The van der Waals surface area contributed by atoms with Crippen molar-refractivity contribution in [3.63, 3.8) is 0 Å². The molecular weight excluding hydrogens is 660 g/mol. The van der Waals surface area contributed by atoms with Crippen LogP contribution in [0.4, 0.5) is 0 Å². The Balaban J connectivity index is 1.43. The van der Waals surface area contributed by atoms with Gasteiger partial charge in [-0.05, 0) is 56.0 Å². The van der Waals surface area contributed by atoms with E-state index in [2.05, 4.69) is 20.9 Å². The first-order valence-corrected chi connectivity index (χ1v) is 16.8.